The minimum atomic E-state index is -4.63. The molecule has 0 spiro atoms. The van der Waals surface area contributed by atoms with E-state index in [4.69, 9.17) is 15.2 Å². The van der Waals surface area contributed by atoms with Crippen molar-refractivity contribution in [2.24, 2.45) is 5.73 Å². The van der Waals surface area contributed by atoms with Gasteiger partial charge in [-0.05, 0) is 39.7 Å². The zero-order valence-electron chi connectivity index (χ0n) is 17.8. The van der Waals surface area contributed by atoms with Gasteiger partial charge in [0.2, 0.25) is 0 Å². The Balaban J connectivity index is 2.40. The van der Waals surface area contributed by atoms with Gasteiger partial charge in [0.1, 0.15) is 11.5 Å². The molecule has 1 atom stereocenters. The smallest absolute Gasteiger partial charge is 0.416 e. The Labute approximate surface area is 201 Å². The highest BCUT2D eigenvalue weighted by Gasteiger charge is 2.43. The van der Waals surface area contributed by atoms with Crippen molar-refractivity contribution in [3.05, 3.63) is 86.8 Å². The summed E-state index contributed by atoms with van der Waals surface area (Å²) in [7, 11) is 2.17. The molecule has 0 saturated carbocycles. The van der Waals surface area contributed by atoms with Crippen molar-refractivity contribution < 1.29 is 32.2 Å². The molecular weight excluding hydrogens is 519 g/mol. The van der Waals surface area contributed by atoms with Gasteiger partial charge in [0.15, 0.2) is 0 Å². The van der Waals surface area contributed by atoms with Crippen molar-refractivity contribution in [2.45, 2.75) is 12.1 Å². The molecule has 2 aromatic rings. The van der Waals surface area contributed by atoms with Crippen molar-refractivity contribution in [2.75, 3.05) is 19.1 Å². The first-order valence-corrected chi connectivity index (χ1v) is 10.4. The van der Waals surface area contributed by atoms with Gasteiger partial charge < -0.3 is 15.2 Å². The molecule has 176 valence electrons. The summed E-state index contributed by atoms with van der Waals surface area (Å²) < 4.78 is 49.3. The number of carbonyl (C=O) groups is 2. The highest BCUT2D eigenvalue weighted by atomic mass is 79.9. The van der Waals surface area contributed by atoms with Crippen molar-refractivity contribution in [3.63, 3.8) is 0 Å². The van der Waals surface area contributed by atoms with Crippen LogP contribution < -0.4 is 10.6 Å². The normalized spacial score (nSPS) is 16.3. The van der Waals surface area contributed by atoms with Crippen LogP contribution in [0.15, 0.2) is 75.7 Å². The number of alkyl halides is 3. The lowest BCUT2D eigenvalue weighted by molar-refractivity contribution is -0.139. The first-order chi connectivity index (χ1) is 16.1. The van der Waals surface area contributed by atoms with Crippen LogP contribution in [-0.4, -0.2) is 26.2 Å². The topological polar surface area (TPSA) is 106 Å². The van der Waals surface area contributed by atoms with Crippen LogP contribution in [0.4, 0.5) is 18.9 Å². The first-order valence-electron chi connectivity index (χ1n) is 9.59. The van der Waals surface area contributed by atoms with Crippen molar-refractivity contribution in [1.82, 2.24) is 0 Å². The third-order valence-electron chi connectivity index (χ3n) is 5.13. The Kier molecular flexibility index (Phi) is 7.02. The summed E-state index contributed by atoms with van der Waals surface area (Å²) in [6, 6.07) is 13.0. The van der Waals surface area contributed by atoms with Crippen LogP contribution in [0.5, 0.6) is 0 Å². The molecule has 0 fully saturated rings. The summed E-state index contributed by atoms with van der Waals surface area (Å²) in [6.07, 6.45) is -4.63. The van der Waals surface area contributed by atoms with E-state index in [1.807, 2.05) is 6.07 Å². The van der Waals surface area contributed by atoms with E-state index in [0.717, 1.165) is 37.3 Å². The number of allylic oxidation sites excluding steroid dienone is 1. The maximum Gasteiger partial charge on any atom is 0.416 e. The third-order valence-corrected chi connectivity index (χ3v) is 5.76. The number of carbonyl (C=O) groups excluding carboxylic acids is 2. The summed E-state index contributed by atoms with van der Waals surface area (Å²) >= 11 is 3.08. The molecule has 2 aromatic carbocycles. The third kappa shape index (κ3) is 4.36. The molecule has 1 aliphatic rings. The number of methoxy groups -OCH3 is 2. The number of nitrogens with two attached hydrogens (primary N) is 1. The van der Waals surface area contributed by atoms with Gasteiger partial charge in [0.25, 0.3) is 0 Å². The Bertz CT molecular complexity index is 1250. The predicted molar refractivity (Wildman–Crippen MR) is 119 cm³/mol. The molecule has 0 radical (unpaired) electrons. The van der Waals surface area contributed by atoms with Crippen molar-refractivity contribution in [3.8, 4) is 6.07 Å². The van der Waals surface area contributed by atoms with Crippen molar-refractivity contribution >= 4 is 33.6 Å². The fourth-order valence-corrected chi connectivity index (χ4v) is 4.18. The standard InChI is InChI=1S/C23H17BrF3N3O4/c1-33-21(31)18-17(12-6-4-3-5-7-12)14(11-28)20(29)30(19(18)22(32)34-2)16-9-8-13(10-15(16)24)23(25,26)27/h3-10,17H,29H2,1-2H3. The van der Waals surface area contributed by atoms with Crippen LogP contribution in [0.1, 0.15) is 17.0 Å². The van der Waals surface area contributed by atoms with Gasteiger partial charge in [0, 0.05) is 4.47 Å². The second-order valence-electron chi connectivity index (χ2n) is 7.00. The van der Waals surface area contributed by atoms with Crippen LogP contribution in [0.2, 0.25) is 0 Å². The summed E-state index contributed by atoms with van der Waals surface area (Å²) in [5.74, 6) is -3.29. The summed E-state index contributed by atoms with van der Waals surface area (Å²) in [5, 5.41) is 9.97. The SMILES string of the molecule is COC(=O)C1=C(C(=O)OC)N(c2ccc(C(F)(F)F)cc2Br)C(N)=C(C#N)C1c1ccccc1. The molecular formula is C23H17BrF3N3O4. The minimum absolute atomic E-state index is 0.0217. The van der Waals surface area contributed by atoms with E-state index in [9.17, 15) is 28.0 Å². The number of nitrogens with zero attached hydrogens (tertiary/aromatic N) is 2. The molecule has 0 saturated heterocycles. The largest absolute Gasteiger partial charge is 0.466 e. The van der Waals surface area contributed by atoms with Crippen LogP contribution in [0, 0.1) is 11.3 Å². The second-order valence-corrected chi connectivity index (χ2v) is 7.85. The van der Waals surface area contributed by atoms with Gasteiger partial charge >= 0.3 is 18.1 Å². The number of anilines is 1. The van der Waals surface area contributed by atoms with Gasteiger partial charge in [-0.3, -0.25) is 4.90 Å². The van der Waals surface area contributed by atoms with Crippen LogP contribution in [0.3, 0.4) is 0 Å². The van der Waals surface area contributed by atoms with E-state index in [0.29, 0.717) is 5.56 Å². The van der Waals surface area contributed by atoms with E-state index >= 15 is 0 Å². The maximum atomic E-state index is 13.2. The van der Waals surface area contributed by atoms with E-state index in [-0.39, 0.29) is 32.8 Å². The summed E-state index contributed by atoms with van der Waals surface area (Å²) in [6.45, 7) is 0. The fraction of sp³-hybridized carbons (Fsp3) is 0.174. The predicted octanol–water partition coefficient (Wildman–Crippen LogP) is 4.37. The molecule has 0 bridgehead atoms. The van der Waals surface area contributed by atoms with E-state index in [2.05, 4.69) is 15.9 Å². The molecule has 1 aliphatic heterocycles. The zero-order valence-corrected chi connectivity index (χ0v) is 19.4. The van der Waals surface area contributed by atoms with Gasteiger partial charge in [-0.1, -0.05) is 30.3 Å². The van der Waals surface area contributed by atoms with E-state index in [1.165, 1.54) is 0 Å². The molecule has 3 rings (SSSR count). The monoisotopic (exact) mass is 535 g/mol. The van der Waals surface area contributed by atoms with Crippen molar-refractivity contribution in [1.29, 1.82) is 5.26 Å². The van der Waals surface area contributed by atoms with Gasteiger partial charge in [0.05, 0.1) is 48.6 Å². The fourth-order valence-electron chi connectivity index (χ4n) is 3.63. The molecule has 1 heterocycles. The Hall–Kier alpha value is -3.78. The average molecular weight is 536 g/mol. The molecule has 0 aliphatic carbocycles. The van der Waals surface area contributed by atoms with Gasteiger partial charge in [-0.15, -0.1) is 0 Å². The minimum Gasteiger partial charge on any atom is -0.466 e. The zero-order chi connectivity index (χ0) is 25.2. The number of nitriles is 1. The number of esters is 2. The number of hydrogen-bond acceptors (Lipinski definition) is 7. The van der Waals surface area contributed by atoms with Crippen LogP contribution >= 0.6 is 15.9 Å². The molecule has 0 amide bonds. The van der Waals surface area contributed by atoms with E-state index in [1.54, 1.807) is 30.3 Å². The van der Waals surface area contributed by atoms with Crippen LogP contribution in [-0.2, 0) is 25.2 Å². The Morgan fingerprint density at radius 3 is 2.21 bits per heavy atom. The van der Waals surface area contributed by atoms with Gasteiger partial charge in [-0.25, -0.2) is 9.59 Å². The molecule has 0 aromatic heterocycles. The lowest BCUT2D eigenvalue weighted by Crippen LogP contribution is -2.41. The lowest BCUT2D eigenvalue weighted by atomic mass is 9.81. The Morgan fingerprint density at radius 2 is 1.71 bits per heavy atom. The number of ether oxygens (including phenoxy) is 2. The average Bonchev–Trinajstić information content (AvgIpc) is 2.82. The van der Waals surface area contributed by atoms with Crippen LogP contribution in [0.25, 0.3) is 0 Å². The quantitative estimate of drug-likeness (QED) is 0.579. The van der Waals surface area contributed by atoms with Gasteiger partial charge in [-0.2, -0.15) is 18.4 Å². The lowest BCUT2D eigenvalue weighted by Gasteiger charge is -2.36. The highest BCUT2D eigenvalue weighted by Crippen LogP contribution is 2.45. The second kappa shape index (κ2) is 9.61. The maximum absolute atomic E-state index is 13.2. The number of hydrogen-bond donors (Lipinski definition) is 1. The molecule has 7 nitrogen and oxygen atoms in total. The number of benzene rings is 2. The highest BCUT2D eigenvalue weighted by molar-refractivity contribution is 9.10. The summed E-state index contributed by atoms with van der Waals surface area (Å²) in [4.78, 5) is 26.9. The first kappa shape index (κ1) is 24.9. The Morgan fingerprint density at radius 1 is 1.09 bits per heavy atom. The molecule has 1 unspecified atom stereocenters. The molecule has 2 N–H and O–H groups in total. The van der Waals surface area contributed by atoms with E-state index < -0.39 is 29.6 Å². The summed E-state index contributed by atoms with van der Waals surface area (Å²) in [5.41, 5.74) is 5.06. The number of halogens is 4. The molecule has 34 heavy (non-hydrogen) atoms. The number of rotatable bonds is 4. The molecule has 11 heteroatoms.